The predicted molar refractivity (Wildman–Crippen MR) is 66.9 cm³/mol. The van der Waals surface area contributed by atoms with E-state index < -0.39 is 0 Å². The smallest absolute Gasteiger partial charge is 0.229 e. The second-order valence-electron chi connectivity index (χ2n) is 3.96. The quantitative estimate of drug-likeness (QED) is 0.832. The molecule has 90 valence electrons. The van der Waals surface area contributed by atoms with Gasteiger partial charge in [-0.3, -0.25) is 0 Å². The summed E-state index contributed by atoms with van der Waals surface area (Å²) in [6.45, 7) is 9.06. The van der Waals surface area contributed by atoms with Crippen LogP contribution in [0.5, 0.6) is 0 Å². The number of anilines is 2. The van der Waals surface area contributed by atoms with Crippen molar-refractivity contribution in [2.45, 2.75) is 33.7 Å². The van der Waals surface area contributed by atoms with Gasteiger partial charge in [0.05, 0.1) is 0 Å². The van der Waals surface area contributed by atoms with Crippen molar-refractivity contribution in [3.63, 3.8) is 0 Å². The summed E-state index contributed by atoms with van der Waals surface area (Å²) < 4.78 is 0. The third-order valence-electron chi connectivity index (χ3n) is 2.30. The van der Waals surface area contributed by atoms with E-state index in [2.05, 4.69) is 46.4 Å². The summed E-state index contributed by atoms with van der Waals surface area (Å²) in [5, 5.41) is 6.40. The van der Waals surface area contributed by atoms with Gasteiger partial charge < -0.3 is 10.6 Å². The van der Waals surface area contributed by atoms with E-state index in [4.69, 9.17) is 11.6 Å². The third-order valence-corrected chi connectivity index (χ3v) is 2.47. The maximum atomic E-state index is 5.81. The highest BCUT2D eigenvalue weighted by Gasteiger charge is 2.10. The third kappa shape index (κ3) is 3.81. The van der Waals surface area contributed by atoms with Gasteiger partial charge in [0, 0.05) is 12.6 Å². The molecule has 1 rings (SSSR count). The van der Waals surface area contributed by atoms with Crippen molar-refractivity contribution in [1.82, 2.24) is 15.0 Å². The van der Waals surface area contributed by atoms with Gasteiger partial charge in [-0.25, -0.2) is 0 Å². The summed E-state index contributed by atoms with van der Waals surface area (Å²) in [7, 11) is 0. The van der Waals surface area contributed by atoms with Gasteiger partial charge in [0.1, 0.15) is 0 Å². The summed E-state index contributed by atoms with van der Waals surface area (Å²) in [6.07, 6.45) is 0. The minimum Gasteiger partial charge on any atom is -0.354 e. The molecule has 0 aliphatic heterocycles. The second kappa shape index (κ2) is 5.84. The molecule has 6 heteroatoms. The Balaban J connectivity index is 2.79. The van der Waals surface area contributed by atoms with Crippen LogP contribution in [-0.4, -0.2) is 27.5 Å². The second-order valence-corrected chi connectivity index (χ2v) is 4.30. The van der Waals surface area contributed by atoms with Crippen molar-refractivity contribution in [3.05, 3.63) is 5.28 Å². The van der Waals surface area contributed by atoms with Crippen molar-refractivity contribution in [2.75, 3.05) is 17.2 Å². The fraction of sp³-hybridized carbons (Fsp3) is 0.700. The zero-order chi connectivity index (χ0) is 12.1. The molecule has 0 saturated carbocycles. The van der Waals surface area contributed by atoms with Crippen LogP contribution in [0, 0.1) is 5.92 Å². The van der Waals surface area contributed by atoms with Crippen LogP contribution in [0.15, 0.2) is 0 Å². The van der Waals surface area contributed by atoms with Gasteiger partial charge in [-0.2, -0.15) is 15.0 Å². The van der Waals surface area contributed by atoms with Crippen molar-refractivity contribution >= 4 is 23.5 Å². The first-order valence-electron chi connectivity index (χ1n) is 5.45. The molecule has 1 atom stereocenters. The van der Waals surface area contributed by atoms with Crippen LogP contribution >= 0.6 is 11.6 Å². The summed E-state index contributed by atoms with van der Waals surface area (Å²) >= 11 is 5.81. The Morgan fingerprint density at radius 1 is 1.12 bits per heavy atom. The molecule has 1 aromatic heterocycles. The van der Waals surface area contributed by atoms with E-state index in [1.54, 1.807) is 0 Å². The fourth-order valence-corrected chi connectivity index (χ4v) is 1.18. The lowest BCUT2D eigenvalue weighted by Crippen LogP contribution is -2.23. The van der Waals surface area contributed by atoms with E-state index in [-0.39, 0.29) is 11.3 Å². The van der Waals surface area contributed by atoms with Gasteiger partial charge in [-0.05, 0) is 31.4 Å². The Hall–Kier alpha value is -1.10. The van der Waals surface area contributed by atoms with Gasteiger partial charge in [0.2, 0.25) is 17.2 Å². The maximum Gasteiger partial charge on any atom is 0.229 e. The van der Waals surface area contributed by atoms with E-state index >= 15 is 0 Å². The lowest BCUT2D eigenvalue weighted by atomic mass is 10.1. The van der Waals surface area contributed by atoms with E-state index in [0.29, 0.717) is 17.8 Å². The number of hydrogen-bond donors (Lipinski definition) is 2. The highest BCUT2D eigenvalue weighted by Crippen LogP contribution is 2.12. The lowest BCUT2D eigenvalue weighted by molar-refractivity contribution is 0.556. The normalized spacial score (nSPS) is 12.6. The summed E-state index contributed by atoms with van der Waals surface area (Å²) in [6, 6.07) is 0.285. The highest BCUT2D eigenvalue weighted by molar-refractivity contribution is 6.28. The van der Waals surface area contributed by atoms with E-state index in [1.165, 1.54) is 0 Å². The Bertz CT molecular complexity index is 342. The Labute approximate surface area is 101 Å². The first-order chi connectivity index (χ1) is 7.52. The molecule has 0 spiro atoms. The molecular weight excluding hydrogens is 226 g/mol. The van der Waals surface area contributed by atoms with E-state index in [1.807, 2.05) is 6.92 Å². The van der Waals surface area contributed by atoms with Gasteiger partial charge in [-0.15, -0.1) is 0 Å². The molecule has 5 nitrogen and oxygen atoms in total. The van der Waals surface area contributed by atoms with Gasteiger partial charge in [0.15, 0.2) is 0 Å². The number of hydrogen-bond acceptors (Lipinski definition) is 5. The SMILES string of the molecule is CCNc1nc(Cl)nc(NC(C)C(C)C)n1. The molecule has 16 heavy (non-hydrogen) atoms. The minimum atomic E-state index is 0.199. The Kier molecular flexibility index (Phi) is 4.73. The molecule has 1 unspecified atom stereocenters. The molecule has 2 N–H and O–H groups in total. The average Bonchev–Trinajstić information content (AvgIpc) is 2.16. The number of rotatable bonds is 5. The van der Waals surface area contributed by atoms with Crippen LogP contribution in [0.1, 0.15) is 27.7 Å². The van der Waals surface area contributed by atoms with Gasteiger partial charge >= 0.3 is 0 Å². The van der Waals surface area contributed by atoms with Crippen LogP contribution in [0.3, 0.4) is 0 Å². The number of halogens is 1. The van der Waals surface area contributed by atoms with Crippen LogP contribution in [-0.2, 0) is 0 Å². The van der Waals surface area contributed by atoms with Crippen molar-refractivity contribution < 1.29 is 0 Å². The number of nitrogens with one attached hydrogen (secondary N) is 2. The average molecular weight is 244 g/mol. The van der Waals surface area contributed by atoms with Crippen molar-refractivity contribution in [2.24, 2.45) is 5.92 Å². The molecule has 0 saturated heterocycles. The zero-order valence-corrected chi connectivity index (χ0v) is 10.8. The monoisotopic (exact) mass is 243 g/mol. The Morgan fingerprint density at radius 2 is 1.75 bits per heavy atom. The van der Waals surface area contributed by atoms with Gasteiger partial charge in [0.25, 0.3) is 0 Å². The molecule has 1 heterocycles. The number of nitrogens with zero attached hydrogens (tertiary/aromatic N) is 3. The summed E-state index contributed by atoms with van der Waals surface area (Å²) in [4.78, 5) is 12.2. The predicted octanol–water partition coefficient (Wildman–Crippen LogP) is 2.41. The molecule has 0 fully saturated rings. The van der Waals surface area contributed by atoms with Crippen molar-refractivity contribution in [3.8, 4) is 0 Å². The zero-order valence-electron chi connectivity index (χ0n) is 10.1. The molecule has 0 radical (unpaired) electrons. The summed E-state index contributed by atoms with van der Waals surface area (Å²) in [5.41, 5.74) is 0. The number of aromatic nitrogens is 3. The first-order valence-corrected chi connectivity index (χ1v) is 5.82. The van der Waals surface area contributed by atoms with Crippen LogP contribution in [0.2, 0.25) is 5.28 Å². The molecular formula is C10H18ClN5. The van der Waals surface area contributed by atoms with E-state index in [9.17, 15) is 0 Å². The Morgan fingerprint density at radius 3 is 2.31 bits per heavy atom. The highest BCUT2D eigenvalue weighted by atomic mass is 35.5. The molecule has 0 bridgehead atoms. The van der Waals surface area contributed by atoms with Crippen LogP contribution in [0.25, 0.3) is 0 Å². The van der Waals surface area contributed by atoms with Crippen LogP contribution < -0.4 is 10.6 Å². The summed E-state index contributed by atoms with van der Waals surface area (Å²) in [5.74, 6) is 1.51. The standard InChI is InChI=1S/C10H18ClN5/c1-5-12-9-14-8(11)15-10(16-9)13-7(4)6(2)3/h6-7H,5H2,1-4H3,(H2,12,13,14,15,16). The minimum absolute atomic E-state index is 0.199. The topological polar surface area (TPSA) is 62.7 Å². The molecule has 0 amide bonds. The first kappa shape index (κ1) is 13.0. The lowest BCUT2D eigenvalue weighted by Gasteiger charge is -2.17. The molecule has 0 aliphatic rings. The largest absolute Gasteiger partial charge is 0.354 e. The van der Waals surface area contributed by atoms with Gasteiger partial charge in [-0.1, -0.05) is 13.8 Å². The van der Waals surface area contributed by atoms with E-state index in [0.717, 1.165) is 6.54 Å². The molecule has 0 aliphatic carbocycles. The molecule has 0 aromatic carbocycles. The molecule has 1 aromatic rings. The van der Waals surface area contributed by atoms with Crippen molar-refractivity contribution in [1.29, 1.82) is 0 Å². The maximum absolute atomic E-state index is 5.81. The van der Waals surface area contributed by atoms with Crippen LogP contribution in [0.4, 0.5) is 11.9 Å². The fourth-order valence-electron chi connectivity index (χ4n) is 1.02.